The highest BCUT2D eigenvalue weighted by Crippen LogP contribution is 2.39. The number of carboxylic acid groups (broad SMARTS) is 1. The fourth-order valence-electron chi connectivity index (χ4n) is 3.85. The molecule has 1 N–H and O–H groups in total. The average Bonchev–Trinajstić information content (AvgIpc) is 2.90. The van der Waals surface area contributed by atoms with Crippen molar-refractivity contribution in [2.75, 3.05) is 0 Å². The molecule has 6 heteroatoms. The molecule has 0 saturated carbocycles. The normalized spacial score (nSPS) is 13.5. The lowest BCUT2D eigenvalue weighted by Gasteiger charge is -2.25. The second-order valence-corrected chi connectivity index (χ2v) is 8.22. The van der Waals surface area contributed by atoms with Gasteiger partial charge < -0.3 is 24.1 Å². The molecular formula is C29H24O6. The molecule has 1 aliphatic heterocycles. The van der Waals surface area contributed by atoms with Crippen molar-refractivity contribution in [3.05, 3.63) is 114 Å². The highest BCUT2D eigenvalue weighted by molar-refractivity contribution is 5.86. The lowest BCUT2D eigenvalue weighted by Crippen LogP contribution is -2.26. The van der Waals surface area contributed by atoms with Gasteiger partial charge in [0, 0.05) is 6.07 Å². The molecule has 0 aliphatic carbocycles. The van der Waals surface area contributed by atoms with Crippen molar-refractivity contribution in [3.63, 3.8) is 0 Å². The number of ether oxygens (including phenoxy) is 4. The second-order valence-electron chi connectivity index (χ2n) is 8.22. The average molecular weight is 469 g/mol. The van der Waals surface area contributed by atoms with E-state index in [9.17, 15) is 9.90 Å². The Morgan fingerprint density at radius 1 is 0.800 bits per heavy atom. The summed E-state index contributed by atoms with van der Waals surface area (Å²) >= 11 is 0. The highest BCUT2D eigenvalue weighted by Gasteiger charge is 2.31. The van der Waals surface area contributed by atoms with Gasteiger partial charge >= 0.3 is 5.97 Å². The van der Waals surface area contributed by atoms with Crippen LogP contribution in [0.15, 0.2) is 103 Å². The fourth-order valence-corrected chi connectivity index (χ4v) is 3.85. The number of aliphatic carboxylic acids is 1. The first-order valence-corrected chi connectivity index (χ1v) is 11.3. The molecule has 0 fully saturated rings. The second kappa shape index (κ2) is 9.91. The third kappa shape index (κ3) is 5.13. The van der Waals surface area contributed by atoms with E-state index in [-0.39, 0.29) is 11.5 Å². The van der Waals surface area contributed by atoms with E-state index in [1.165, 1.54) is 0 Å². The Morgan fingerprint density at radius 3 is 2.37 bits per heavy atom. The smallest absolute Gasteiger partial charge is 0.375 e. The van der Waals surface area contributed by atoms with E-state index in [1.807, 2.05) is 60.7 Å². The molecule has 35 heavy (non-hydrogen) atoms. The van der Waals surface area contributed by atoms with Crippen molar-refractivity contribution < 1.29 is 28.8 Å². The van der Waals surface area contributed by atoms with Crippen LogP contribution < -0.4 is 14.2 Å². The minimum atomic E-state index is -1.23. The van der Waals surface area contributed by atoms with Gasteiger partial charge in [0.1, 0.15) is 18.5 Å². The third-order valence-electron chi connectivity index (χ3n) is 5.70. The highest BCUT2D eigenvalue weighted by atomic mass is 16.6. The summed E-state index contributed by atoms with van der Waals surface area (Å²) < 4.78 is 23.5. The van der Waals surface area contributed by atoms with Crippen LogP contribution in [0.1, 0.15) is 18.1 Å². The van der Waals surface area contributed by atoms with Gasteiger partial charge in [-0.15, -0.1) is 0 Å². The van der Waals surface area contributed by atoms with Crippen LogP contribution >= 0.6 is 0 Å². The van der Waals surface area contributed by atoms with Crippen LogP contribution in [0.25, 0.3) is 10.8 Å². The molecule has 5 rings (SSSR count). The number of hydrogen-bond donors (Lipinski definition) is 1. The van der Waals surface area contributed by atoms with Gasteiger partial charge in [0.05, 0.1) is 6.61 Å². The fraction of sp³-hybridized carbons (Fsp3) is 0.138. The summed E-state index contributed by atoms with van der Waals surface area (Å²) in [4.78, 5) is 11.9. The van der Waals surface area contributed by atoms with Gasteiger partial charge in [0.15, 0.2) is 17.3 Å². The Bertz CT molecular complexity index is 1390. The van der Waals surface area contributed by atoms with E-state index in [2.05, 4.69) is 12.1 Å². The number of rotatable bonds is 8. The van der Waals surface area contributed by atoms with Crippen LogP contribution in [0.4, 0.5) is 0 Å². The molecule has 176 valence electrons. The SMILES string of the molecule is CC(OCc1ccc2ccccc2c1)C1=C(C(=O)O)Oc2ccc(OCc3ccccc3)cc2O1. The predicted molar refractivity (Wildman–Crippen MR) is 131 cm³/mol. The molecule has 0 bridgehead atoms. The maximum atomic E-state index is 11.9. The number of fused-ring (bicyclic) bond motifs is 2. The maximum absolute atomic E-state index is 11.9. The van der Waals surface area contributed by atoms with Gasteiger partial charge in [0.25, 0.3) is 5.76 Å². The van der Waals surface area contributed by atoms with Gasteiger partial charge in [0.2, 0.25) is 0 Å². The Labute approximate surface area is 202 Å². The molecular weight excluding hydrogens is 444 g/mol. The Hall–Kier alpha value is -4.29. The summed E-state index contributed by atoms with van der Waals surface area (Å²) in [7, 11) is 0. The first-order chi connectivity index (χ1) is 17.1. The molecule has 1 heterocycles. The molecule has 6 nitrogen and oxygen atoms in total. The van der Waals surface area contributed by atoms with Crippen LogP contribution in [-0.2, 0) is 22.7 Å². The summed E-state index contributed by atoms with van der Waals surface area (Å²) in [6.07, 6.45) is -0.658. The minimum absolute atomic E-state index is 0.103. The van der Waals surface area contributed by atoms with Crippen LogP contribution in [-0.4, -0.2) is 17.2 Å². The third-order valence-corrected chi connectivity index (χ3v) is 5.70. The molecule has 4 aromatic carbocycles. The first kappa shape index (κ1) is 22.5. The van der Waals surface area contributed by atoms with Crippen molar-refractivity contribution in [2.24, 2.45) is 0 Å². The molecule has 0 aromatic heterocycles. The van der Waals surface area contributed by atoms with E-state index in [0.29, 0.717) is 30.5 Å². The molecule has 4 aromatic rings. The van der Waals surface area contributed by atoms with Crippen molar-refractivity contribution in [1.82, 2.24) is 0 Å². The Balaban J connectivity index is 1.30. The topological polar surface area (TPSA) is 74.2 Å². The summed E-state index contributed by atoms with van der Waals surface area (Å²) in [6, 6.07) is 29.0. The predicted octanol–water partition coefficient (Wildman–Crippen LogP) is 6.09. The summed E-state index contributed by atoms with van der Waals surface area (Å²) in [5.41, 5.74) is 2.01. The van der Waals surface area contributed by atoms with E-state index < -0.39 is 12.1 Å². The number of benzene rings is 4. The van der Waals surface area contributed by atoms with Gasteiger partial charge in [-0.05, 0) is 47.0 Å². The Kier molecular flexibility index (Phi) is 6.37. The zero-order chi connectivity index (χ0) is 24.2. The molecule has 0 spiro atoms. The van der Waals surface area contributed by atoms with Gasteiger partial charge in [-0.1, -0.05) is 66.7 Å². The molecule has 0 saturated heterocycles. The molecule has 1 aliphatic rings. The summed E-state index contributed by atoms with van der Waals surface area (Å²) in [5.74, 6) is -0.153. The van der Waals surface area contributed by atoms with E-state index in [0.717, 1.165) is 21.9 Å². The minimum Gasteiger partial charge on any atom is -0.489 e. The van der Waals surface area contributed by atoms with Crippen molar-refractivity contribution >= 4 is 16.7 Å². The van der Waals surface area contributed by atoms with Crippen LogP contribution in [0.2, 0.25) is 0 Å². The first-order valence-electron chi connectivity index (χ1n) is 11.3. The lowest BCUT2D eigenvalue weighted by atomic mass is 10.1. The molecule has 0 radical (unpaired) electrons. The van der Waals surface area contributed by atoms with Crippen molar-refractivity contribution in [2.45, 2.75) is 26.2 Å². The van der Waals surface area contributed by atoms with E-state index in [1.54, 1.807) is 25.1 Å². The van der Waals surface area contributed by atoms with Gasteiger partial charge in [-0.25, -0.2) is 4.79 Å². The van der Waals surface area contributed by atoms with E-state index in [4.69, 9.17) is 18.9 Å². The van der Waals surface area contributed by atoms with Gasteiger partial charge in [-0.3, -0.25) is 0 Å². The zero-order valence-electron chi connectivity index (χ0n) is 19.1. The zero-order valence-corrected chi connectivity index (χ0v) is 19.1. The number of carboxylic acids is 1. The quantitative estimate of drug-likeness (QED) is 0.337. The van der Waals surface area contributed by atoms with E-state index >= 15 is 0 Å². The lowest BCUT2D eigenvalue weighted by molar-refractivity contribution is -0.135. The van der Waals surface area contributed by atoms with Gasteiger partial charge in [-0.2, -0.15) is 0 Å². The number of hydrogen-bond acceptors (Lipinski definition) is 5. The van der Waals surface area contributed by atoms with Crippen LogP contribution in [0, 0.1) is 0 Å². The number of carbonyl (C=O) groups is 1. The van der Waals surface area contributed by atoms with Crippen LogP contribution in [0.3, 0.4) is 0 Å². The van der Waals surface area contributed by atoms with Crippen LogP contribution in [0.5, 0.6) is 17.2 Å². The molecule has 1 unspecified atom stereocenters. The Morgan fingerprint density at radius 2 is 1.57 bits per heavy atom. The van der Waals surface area contributed by atoms with Crippen molar-refractivity contribution in [3.8, 4) is 17.2 Å². The largest absolute Gasteiger partial charge is 0.489 e. The molecule has 1 atom stereocenters. The maximum Gasteiger partial charge on any atom is 0.375 e. The standard InChI is InChI=1S/C29H24O6/c1-19(32-18-21-11-12-22-9-5-6-10-23(22)15-21)27-28(29(30)31)34-25-14-13-24(16-26(25)35-27)33-17-20-7-3-2-4-8-20/h2-16,19H,17-18H2,1H3,(H,30,31). The summed E-state index contributed by atoms with van der Waals surface area (Å²) in [6.45, 7) is 2.43. The monoisotopic (exact) mass is 468 g/mol. The summed E-state index contributed by atoms with van der Waals surface area (Å²) in [5, 5.41) is 12.0. The molecule has 0 amide bonds. The van der Waals surface area contributed by atoms with Crippen molar-refractivity contribution in [1.29, 1.82) is 0 Å².